The summed E-state index contributed by atoms with van der Waals surface area (Å²) in [5.41, 5.74) is 2.74. The number of benzene rings is 1. The number of halogens is 3. The fourth-order valence-corrected chi connectivity index (χ4v) is 5.29. The van der Waals surface area contributed by atoms with E-state index in [2.05, 4.69) is 15.1 Å². The molecule has 3 aromatic heterocycles. The van der Waals surface area contributed by atoms with Gasteiger partial charge in [0.05, 0.1) is 36.3 Å². The van der Waals surface area contributed by atoms with Gasteiger partial charge in [-0.1, -0.05) is 6.07 Å². The van der Waals surface area contributed by atoms with Crippen LogP contribution in [0.15, 0.2) is 30.6 Å². The molecule has 0 spiro atoms. The third kappa shape index (κ3) is 4.07. The van der Waals surface area contributed by atoms with Crippen LogP contribution in [0.4, 0.5) is 19.1 Å². The Kier molecular flexibility index (Phi) is 5.32. The van der Waals surface area contributed by atoms with Crippen molar-refractivity contribution in [3.63, 3.8) is 0 Å². The number of hydrogen-bond acceptors (Lipinski definition) is 7. The van der Waals surface area contributed by atoms with Gasteiger partial charge in [-0.15, -0.1) is 0 Å². The largest absolute Gasteiger partial charge is 0.367 e. The van der Waals surface area contributed by atoms with Crippen molar-refractivity contribution in [2.75, 3.05) is 18.0 Å². The molecule has 0 amide bonds. The molecule has 1 saturated heterocycles. The molecule has 4 aromatic rings. The number of hydrogen-bond donors (Lipinski definition) is 0. The Hall–Kier alpha value is -3.86. The monoisotopic (exact) mass is 533 g/mol. The smallest absolute Gasteiger partial charge is 0.292 e. The highest BCUT2D eigenvalue weighted by Crippen LogP contribution is 2.43. The molecule has 39 heavy (non-hydrogen) atoms. The van der Waals surface area contributed by atoms with Gasteiger partial charge in [-0.25, -0.2) is 19.3 Å². The van der Waals surface area contributed by atoms with Gasteiger partial charge >= 0.3 is 0 Å². The molecule has 8 nitrogen and oxygen atoms in total. The molecule has 1 aromatic carbocycles. The second-order valence-electron chi connectivity index (χ2n) is 10.6. The first-order valence-electron chi connectivity index (χ1n) is 13.1. The van der Waals surface area contributed by atoms with Gasteiger partial charge in [0, 0.05) is 35.0 Å². The predicted molar refractivity (Wildman–Crippen MR) is 139 cm³/mol. The number of anilines is 1. The summed E-state index contributed by atoms with van der Waals surface area (Å²) in [7, 11) is 0. The number of aromatic nitrogens is 6. The number of morpholine rings is 1. The molecular weight excluding hydrogens is 507 g/mol. The van der Waals surface area contributed by atoms with Crippen molar-refractivity contribution in [1.82, 2.24) is 29.7 Å². The molecule has 3 aliphatic rings. The van der Waals surface area contributed by atoms with Crippen molar-refractivity contribution in [2.24, 2.45) is 0 Å². The van der Waals surface area contributed by atoms with E-state index in [4.69, 9.17) is 14.7 Å². The number of nitrogens with zero attached hydrogens (tertiary/aromatic N) is 7. The minimum absolute atomic E-state index is 0.0749. The maximum absolute atomic E-state index is 15.8. The van der Waals surface area contributed by atoms with Crippen molar-refractivity contribution in [2.45, 2.75) is 57.8 Å². The molecule has 200 valence electrons. The summed E-state index contributed by atoms with van der Waals surface area (Å²) in [5.74, 6) is -3.63. The van der Waals surface area contributed by atoms with Crippen LogP contribution in [-0.4, -0.2) is 48.9 Å². The molecule has 2 fully saturated rings. The van der Waals surface area contributed by atoms with E-state index in [1.165, 1.54) is 12.1 Å². The van der Waals surface area contributed by atoms with Gasteiger partial charge in [-0.2, -0.15) is 18.9 Å². The average Bonchev–Trinajstić information content (AvgIpc) is 3.54. The second kappa shape index (κ2) is 8.57. The molecule has 1 saturated carbocycles. The summed E-state index contributed by atoms with van der Waals surface area (Å²) in [5, 5.41) is 4.51. The Labute approximate surface area is 222 Å². The van der Waals surface area contributed by atoms with E-state index in [1.54, 1.807) is 6.92 Å². The quantitative estimate of drug-likeness (QED) is 0.345. The van der Waals surface area contributed by atoms with Crippen LogP contribution in [0.2, 0.25) is 0 Å². The number of allylic oxidation sites excluding steroid dienone is 1. The molecule has 0 N–H and O–H groups in total. The number of alkyl halides is 2. The fourth-order valence-electron chi connectivity index (χ4n) is 5.29. The highest BCUT2D eigenvalue weighted by molar-refractivity contribution is 5.89. The van der Waals surface area contributed by atoms with Crippen LogP contribution in [0.3, 0.4) is 0 Å². The zero-order chi connectivity index (χ0) is 27.1. The van der Waals surface area contributed by atoms with Crippen LogP contribution in [0.5, 0.6) is 0 Å². The van der Waals surface area contributed by atoms with Crippen LogP contribution >= 0.6 is 0 Å². The summed E-state index contributed by atoms with van der Waals surface area (Å²) in [6, 6.07) is 3.05. The lowest BCUT2D eigenvalue weighted by molar-refractivity contribution is -0.0178. The lowest BCUT2D eigenvalue weighted by Crippen LogP contribution is -2.43. The lowest BCUT2D eigenvalue weighted by Gasteiger charge is -2.36. The van der Waals surface area contributed by atoms with Crippen molar-refractivity contribution in [3.05, 3.63) is 64.5 Å². The maximum atomic E-state index is 15.8. The fraction of sp³-hybridized carbons (Fsp3) is 0.393. The van der Waals surface area contributed by atoms with E-state index in [-0.39, 0.29) is 34.6 Å². The Balaban J connectivity index is 1.33. The molecule has 7 rings (SSSR count). The minimum Gasteiger partial charge on any atom is -0.367 e. The van der Waals surface area contributed by atoms with E-state index < -0.39 is 11.7 Å². The van der Waals surface area contributed by atoms with Crippen LogP contribution in [0.25, 0.3) is 28.5 Å². The normalized spacial score (nSPS) is 22.1. The van der Waals surface area contributed by atoms with Crippen LogP contribution < -0.4 is 4.90 Å². The summed E-state index contributed by atoms with van der Waals surface area (Å²) in [4.78, 5) is 20.8. The van der Waals surface area contributed by atoms with Crippen molar-refractivity contribution < 1.29 is 17.9 Å². The van der Waals surface area contributed by atoms with Crippen molar-refractivity contribution in [3.8, 4) is 11.3 Å². The van der Waals surface area contributed by atoms with Crippen LogP contribution in [0.1, 0.15) is 60.0 Å². The molecule has 1 aliphatic heterocycles. The predicted octanol–water partition coefficient (Wildman–Crippen LogP) is 5.46. The van der Waals surface area contributed by atoms with Gasteiger partial charge in [0.1, 0.15) is 23.1 Å². The Bertz CT molecular complexity index is 1660. The first kappa shape index (κ1) is 24.2. The summed E-state index contributed by atoms with van der Waals surface area (Å²) in [6.45, 7) is 6.59. The van der Waals surface area contributed by atoms with Gasteiger partial charge in [0.2, 0.25) is 5.95 Å². The van der Waals surface area contributed by atoms with Gasteiger partial charge in [0.25, 0.3) is 5.92 Å². The van der Waals surface area contributed by atoms with Gasteiger partial charge in [-0.05, 0) is 51.8 Å². The molecular formula is C28H26F3N7O. The molecule has 2 atom stereocenters. The molecule has 0 bridgehead atoms. The van der Waals surface area contributed by atoms with Gasteiger partial charge in [-0.3, -0.25) is 4.68 Å². The average molecular weight is 534 g/mol. The third-order valence-corrected chi connectivity index (χ3v) is 7.64. The van der Waals surface area contributed by atoms with Gasteiger partial charge < -0.3 is 9.64 Å². The standard InChI is InChI=1S/C28H26F3N7O/c1-14-11-37(13-22(39-14)17-10-32-38(12-17)18-4-5-18)27-35-24(25-26(36-27)34-16(3)15(2)33-25)20-6-7-21-19(23(20)29)8-9-28(21,30)31/h6-10,12,14,18,22H,4-5,11,13H2,1-3H3/t14-,22-/m1/s1. The first-order valence-corrected chi connectivity index (χ1v) is 13.1. The van der Waals surface area contributed by atoms with Crippen LogP contribution in [-0.2, 0) is 10.7 Å². The number of rotatable bonds is 4. The molecule has 2 aliphatic carbocycles. The minimum atomic E-state index is -3.21. The lowest BCUT2D eigenvalue weighted by atomic mass is 10.0. The SMILES string of the molecule is Cc1nc2nc(N3C[C@@H](C)O[C@@H](c4cnn(C5CC5)c4)C3)nc(-c3ccc4c(c3F)C=CC4(F)F)c2nc1C. The first-order chi connectivity index (χ1) is 18.7. The Morgan fingerprint density at radius 3 is 2.62 bits per heavy atom. The Morgan fingerprint density at radius 1 is 1.03 bits per heavy atom. The Morgan fingerprint density at radius 2 is 1.82 bits per heavy atom. The van der Waals surface area contributed by atoms with Crippen molar-refractivity contribution >= 4 is 23.2 Å². The zero-order valence-electron chi connectivity index (χ0n) is 21.7. The molecule has 11 heteroatoms. The zero-order valence-corrected chi connectivity index (χ0v) is 21.7. The van der Waals surface area contributed by atoms with E-state index in [0.717, 1.165) is 24.5 Å². The number of fused-ring (bicyclic) bond motifs is 2. The highest BCUT2D eigenvalue weighted by atomic mass is 19.3. The van der Waals surface area contributed by atoms with Crippen molar-refractivity contribution in [1.29, 1.82) is 0 Å². The highest BCUT2D eigenvalue weighted by Gasteiger charge is 2.37. The van der Waals surface area contributed by atoms with Crippen LogP contribution in [0, 0.1) is 19.7 Å². The molecule has 4 heterocycles. The summed E-state index contributed by atoms with van der Waals surface area (Å²) in [6.07, 6.45) is 7.59. The van der Waals surface area contributed by atoms with Gasteiger partial charge in [0.15, 0.2) is 5.65 Å². The second-order valence-corrected chi connectivity index (χ2v) is 10.6. The van der Waals surface area contributed by atoms with E-state index in [0.29, 0.717) is 53.7 Å². The molecule has 0 radical (unpaired) electrons. The van der Waals surface area contributed by atoms with E-state index in [1.807, 2.05) is 35.8 Å². The number of ether oxygens (including phenoxy) is 1. The topological polar surface area (TPSA) is 81.9 Å². The van der Waals surface area contributed by atoms with E-state index in [9.17, 15) is 8.78 Å². The number of aryl methyl sites for hydroxylation is 2. The molecule has 0 unspecified atom stereocenters. The third-order valence-electron chi connectivity index (χ3n) is 7.64. The summed E-state index contributed by atoms with van der Waals surface area (Å²) < 4.78 is 52.5. The summed E-state index contributed by atoms with van der Waals surface area (Å²) >= 11 is 0. The van der Waals surface area contributed by atoms with E-state index >= 15 is 4.39 Å². The maximum Gasteiger partial charge on any atom is 0.292 e.